The second-order valence-corrected chi connectivity index (χ2v) is 6.39. The van der Waals surface area contributed by atoms with Crippen molar-refractivity contribution in [3.8, 4) is 0 Å². The van der Waals surface area contributed by atoms with Crippen molar-refractivity contribution in [3.63, 3.8) is 0 Å². The zero-order chi connectivity index (χ0) is 16.8. The van der Waals surface area contributed by atoms with Crippen molar-refractivity contribution in [2.45, 2.75) is 20.0 Å². The molecular formula is C20H25N3O. The highest BCUT2D eigenvalue weighted by Gasteiger charge is 2.20. The van der Waals surface area contributed by atoms with Crippen LogP contribution >= 0.6 is 0 Å². The molecular weight excluding hydrogens is 298 g/mol. The van der Waals surface area contributed by atoms with Crippen molar-refractivity contribution in [2.75, 3.05) is 26.2 Å². The Hall–Kier alpha value is -2.33. The molecule has 1 heterocycles. The number of hydrogen-bond donors (Lipinski definition) is 1. The molecule has 2 aromatic rings. The minimum atomic E-state index is 0.0370. The van der Waals surface area contributed by atoms with Crippen LogP contribution in [0.1, 0.15) is 16.7 Å². The molecule has 0 spiro atoms. The number of nitrogens with one attached hydrogen (secondary N) is 1. The van der Waals surface area contributed by atoms with E-state index in [0.717, 1.165) is 38.3 Å². The average molecular weight is 323 g/mol. The van der Waals surface area contributed by atoms with Crippen molar-refractivity contribution in [3.05, 3.63) is 71.3 Å². The Kier molecular flexibility index (Phi) is 5.49. The summed E-state index contributed by atoms with van der Waals surface area (Å²) >= 11 is 0. The van der Waals surface area contributed by atoms with E-state index >= 15 is 0 Å². The first-order chi connectivity index (χ1) is 11.7. The Labute approximate surface area is 144 Å². The lowest BCUT2D eigenvalue weighted by Gasteiger charge is -2.34. The molecule has 0 aliphatic carbocycles. The fraction of sp³-hybridized carbons (Fsp3) is 0.350. The smallest absolute Gasteiger partial charge is 0.317 e. The monoisotopic (exact) mass is 323 g/mol. The van der Waals surface area contributed by atoms with E-state index in [2.05, 4.69) is 65.7 Å². The highest BCUT2D eigenvalue weighted by molar-refractivity contribution is 5.74. The fourth-order valence-electron chi connectivity index (χ4n) is 2.95. The van der Waals surface area contributed by atoms with E-state index in [-0.39, 0.29) is 6.03 Å². The zero-order valence-electron chi connectivity index (χ0n) is 14.2. The van der Waals surface area contributed by atoms with Gasteiger partial charge in [-0.1, -0.05) is 60.2 Å². The summed E-state index contributed by atoms with van der Waals surface area (Å²) in [4.78, 5) is 16.6. The molecule has 0 atom stereocenters. The maximum Gasteiger partial charge on any atom is 0.317 e. The van der Waals surface area contributed by atoms with Crippen LogP contribution in [0.3, 0.4) is 0 Å². The van der Waals surface area contributed by atoms with E-state index < -0.39 is 0 Å². The van der Waals surface area contributed by atoms with Crippen molar-refractivity contribution >= 4 is 6.03 Å². The SMILES string of the molecule is Cc1ccc(CNC(=O)N2CCN(Cc3ccccc3)CC2)cc1. The second-order valence-electron chi connectivity index (χ2n) is 6.39. The largest absolute Gasteiger partial charge is 0.334 e. The standard InChI is InChI=1S/C20H25N3O/c1-17-7-9-18(10-8-17)15-21-20(24)23-13-11-22(12-14-23)16-19-5-3-2-4-6-19/h2-10H,11-16H2,1H3,(H,21,24). The number of amides is 2. The summed E-state index contributed by atoms with van der Waals surface area (Å²) in [7, 11) is 0. The van der Waals surface area contributed by atoms with Crippen molar-refractivity contribution < 1.29 is 4.79 Å². The van der Waals surface area contributed by atoms with Crippen LogP contribution in [0.4, 0.5) is 4.79 Å². The molecule has 0 bridgehead atoms. The molecule has 126 valence electrons. The lowest BCUT2D eigenvalue weighted by Crippen LogP contribution is -2.51. The number of benzene rings is 2. The summed E-state index contributed by atoms with van der Waals surface area (Å²) < 4.78 is 0. The van der Waals surface area contributed by atoms with Crippen molar-refractivity contribution in [2.24, 2.45) is 0 Å². The molecule has 2 aromatic carbocycles. The average Bonchev–Trinajstić information content (AvgIpc) is 2.62. The Morgan fingerprint density at radius 2 is 1.58 bits per heavy atom. The molecule has 0 aromatic heterocycles. The summed E-state index contributed by atoms with van der Waals surface area (Å²) in [5.74, 6) is 0. The molecule has 4 nitrogen and oxygen atoms in total. The van der Waals surface area contributed by atoms with Crippen LogP contribution in [-0.2, 0) is 13.1 Å². The van der Waals surface area contributed by atoms with Gasteiger partial charge in [0.15, 0.2) is 0 Å². The predicted molar refractivity (Wildman–Crippen MR) is 96.7 cm³/mol. The van der Waals surface area contributed by atoms with E-state index in [0.29, 0.717) is 6.54 Å². The van der Waals surface area contributed by atoms with Gasteiger partial charge in [-0.2, -0.15) is 0 Å². The lowest BCUT2D eigenvalue weighted by molar-refractivity contribution is 0.135. The first-order valence-corrected chi connectivity index (χ1v) is 8.55. The molecule has 1 N–H and O–H groups in total. The Morgan fingerprint density at radius 3 is 2.25 bits per heavy atom. The van der Waals surface area contributed by atoms with Gasteiger partial charge in [0.2, 0.25) is 0 Å². The van der Waals surface area contributed by atoms with Gasteiger partial charge < -0.3 is 10.2 Å². The second kappa shape index (κ2) is 7.97. The number of carbonyl (C=O) groups is 1. The first kappa shape index (κ1) is 16.5. The van der Waals surface area contributed by atoms with Crippen LogP contribution in [0, 0.1) is 6.92 Å². The molecule has 1 saturated heterocycles. The van der Waals surface area contributed by atoms with Crippen molar-refractivity contribution in [1.29, 1.82) is 0 Å². The van der Waals surface area contributed by atoms with Gasteiger partial charge in [-0.3, -0.25) is 4.90 Å². The molecule has 1 aliphatic heterocycles. The molecule has 0 saturated carbocycles. The van der Waals surface area contributed by atoms with Crippen LogP contribution in [0.5, 0.6) is 0 Å². The minimum Gasteiger partial charge on any atom is -0.334 e. The fourth-order valence-corrected chi connectivity index (χ4v) is 2.95. The summed E-state index contributed by atoms with van der Waals surface area (Å²) in [5, 5.41) is 3.02. The number of carbonyl (C=O) groups excluding carboxylic acids is 1. The molecule has 2 amide bonds. The van der Waals surface area contributed by atoms with E-state index in [4.69, 9.17) is 0 Å². The Morgan fingerprint density at radius 1 is 0.917 bits per heavy atom. The van der Waals surface area contributed by atoms with Gasteiger partial charge in [0, 0.05) is 39.3 Å². The maximum absolute atomic E-state index is 12.3. The Balaban J connectivity index is 1.42. The van der Waals surface area contributed by atoms with Crippen LogP contribution in [0.25, 0.3) is 0 Å². The Bertz CT molecular complexity index is 646. The van der Waals surface area contributed by atoms with Gasteiger partial charge in [-0.25, -0.2) is 4.79 Å². The van der Waals surface area contributed by atoms with Crippen molar-refractivity contribution in [1.82, 2.24) is 15.1 Å². The first-order valence-electron chi connectivity index (χ1n) is 8.55. The third-order valence-electron chi connectivity index (χ3n) is 4.47. The number of hydrogen-bond acceptors (Lipinski definition) is 2. The van der Waals surface area contributed by atoms with Gasteiger partial charge in [0.05, 0.1) is 0 Å². The molecule has 0 radical (unpaired) electrons. The van der Waals surface area contributed by atoms with Crippen LogP contribution in [0.2, 0.25) is 0 Å². The number of rotatable bonds is 4. The van der Waals surface area contributed by atoms with Gasteiger partial charge in [0.25, 0.3) is 0 Å². The summed E-state index contributed by atoms with van der Waals surface area (Å²) in [6.07, 6.45) is 0. The summed E-state index contributed by atoms with van der Waals surface area (Å²) in [6.45, 7) is 7.03. The molecule has 24 heavy (non-hydrogen) atoms. The third kappa shape index (κ3) is 4.59. The molecule has 0 unspecified atom stereocenters. The van der Waals surface area contributed by atoms with Gasteiger partial charge in [-0.15, -0.1) is 0 Å². The third-order valence-corrected chi connectivity index (χ3v) is 4.47. The number of aryl methyl sites for hydroxylation is 1. The van der Waals surface area contributed by atoms with E-state index in [9.17, 15) is 4.79 Å². The van der Waals surface area contributed by atoms with Crippen LogP contribution in [0.15, 0.2) is 54.6 Å². The predicted octanol–water partition coefficient (Wildman–Crippen LogP) is 3.02. The topological polar surface area (TPSA) is 35.6 Å². The highest BCUT2D eigenvalue weighted by Crippen LogP contribution is 2.09. The lowest BCUT2D eigenvalue weighted by atomic mass is 10.1. The minimum absolute atomic E-state index is 0.0370. The van der Waals surface area contributed by atoms with Crippen LogP contribution in [-0.4, -0.2) is 42.0 Å². The summed E-state index contributed by atoms with van der Waals surface area (Å²) in [6, 6.07) is 18.8. The van der Waals surface area contributed by atoms with Gasteiger partial charge >= 0.3 is 6.03 Å². The highest BCUT2D eigenvalue weighted by atomic mass is 16.2. The van der Waals surface area contributed by atoms with E-state index in [1.165, 1.54) is 11.1 Å². The number of urea groups is 1. The van der Waals surface area contributed by atoms with E-state index in [1.807, 2.05) is 11.0 Å². The summed E-state index contributed by atoms with van der Waals surface area (Å²) in [5.41, 5.74) is 3.70. The zero-order valence-corrected chi connectivity index (χ0v) is 14.2. The van der Waals surface area contributed by atoms with E-state index in [1.54, 1.807) is 0 Å². The van der Waals surface area contributed by atoms with Gasteiger partial charge in [0.1, 0.15) is 0 Å². The quantitative estimate of drug-likeness (QED) is 0.939. The molecule has 1 aliphatic rings. The molecule has 1 fully saturated rings. The number of piperazine rings is 1. The molecule has 3 rings (SSSR count). The maximum atomic E-state index is 12.3. The van der Waals surface area contributed by atoms with Gasteiger partial charge in [-0.05, 0) is 18.1 Å². The van der Waals surface area contributed by atoms with Crippen LogP contribution < -0.4 is 5.32 Å². The normalized spacial score (nSPS) is 15.3. The number of nitrogens with zero attached hydrogens (tertiary/aromatic N) is 2. The molecule has 4 heteroatoms.